The van der Waals surface area contributed by atoms with Gasteiger partial charge in [0.2, 0.25) is 17.7 Å². The molecule has 1 rings (SSSR count). The Morgan fingerprint density at radius 2 is 1.56 bits per heavy atom. The fourth-order valence-corrected chi connectivity index (χ4v) is 3.62. The Bertz CT molecular complexity index is 966. The Morgan fingerprint density at radius 3 is 2.15 bits per heavy atom. The average molecular weight is 547 g/mol. The van der Waals surface area contributed by atoms with E-state index in [1.807, 2.05) is 51.1 Å². The molecule has 0 saturated carbocycles. The number of primary amides is 1. The van der Waals surface area contributed by atoms with Crippen molar-refractivity contribution in [2.24, 2.45) is 11.7 Å². The van der Waals surface area contributed by atoms with Crippen molar-refractivity contribution in [2.45, 2.75) is 84.5 Å². The summed E-state index contributed by atoms with van der Waals surface area (Å²) in [5.41, 5.74) is 6.05. The van der Waals surface area contributed by atoms with Crippen LogP contribution in [0.4, 0.5) is 4.79 Å². The average Bonchev–Trinajstić information content (AvgIpc) is 2.88. The summed E-state index contributed by atoms with van der Waals surface area (Å²) < 4.78 is 10.1. The number of alkyl carbamates (subject to hydrolysis) is 1. The van der Waals surface area contributed by atoms with E-state index in [0.717, 1.165) is 5.56 Å². The molecule has 5 N–H and O–H groups in total. The third-order valence-electron chi connectivity index (χ3n) is 5.52. The van der Waals surface area contributed by atoms with E-state index in [9.17, 15) is 24.0 Å². The zero-order valence-electron chi connectivity index (χ0n) is 23.2. The van der Waals surface area contributed by atoms with Crippen molar-refractivity contribution in [1.82, 2.24) is 16.0 Å². The molecule has 0 fully saturated rings. The van der Waals surface area contributed by atoms with Crippen molar-refractivity contribution in [3.63, 3.8) is 0 Å². The van der Waals surface area contributed by atoms with E-state index < -0.39 is 47.9 Å². The van der Waals surface area contributed by atoms with Crippen LogP contribution < -0.4 is 21.7 Å². The molecule has 39 heavy (non-hydrogen) atoms. The Hall–Kier alpha value is -3.89. The second kappa shape index (κ2) is 18.4. The normalized spacial score (nSPS) is 13.3. The van der Waals surface area contributed by atoms with Crippen molar-refractivity contribution >= 4 is 29.8 Å². The molecule has 0 unspecified atom stereocenters. The minimum absolute atomic E-state index is 0.0195. The highest BCUT2D eigenvalue weighted by Gasteiger charge is 2.28. The molecule has 0 saturated heterocycles. The molecule has 11 heteroatoms. The van der Waals surface area contributed by atoms with Gasteiger partial charge in [-0.1, -0.05) is 63.6 Å². The van der Waals surface area contributed by atoms with Crippen LogP contribution >= 0.6 is 0 Å². The largest absolute Gasteiger partial charge is 0.463 e. The van der Waals surface area contributed by atoms with Crippen LogP contribution in [0.25, 0.3) is 0 Å². The fraction of sp³-hybridized carbons (Fsp3) is 0.536. The van der Waals surface area contributed by atoms with Crippen molar-refractivity contribution in [1.29, 1.82) is 0 Å². The number of nitrogens with two attached hydrogens (primary N) is 1. The van der Waals surface area contributed by atoms with Crippen LogP contribution in [0.1, 0.15) is 65.4 Å². The van der Waals surface area contributed by atoms with Crippen molar-refractivity contribution in [2.75, 3.05) is 6.61 Å². The molecule has 0 aliphatic rings. The molecule has 0 radical (unpaired) electrons. The summed E-state index contributed by atoms with van der Waals surface area (Å²) in [4.78, 5) is 61.7. The van der Waals surface area contributed by atoms with Crippen molar-refractivity contribution in [3.8, 4) is 0 Å². The van der Waals surface area contributed by atoms with Crippen LogP contribution in [0.15, 0.2) is 42.5 Å². The molecular weight excluding hydrogens is 504 g/mol. The molecule has 0 aliphatic heterocycles. The monoisotopic (exact) mass is 546 g/mol. The number of nitrogens with one attached hydrogen (secondary N) is 3. The van der Waals surface area contributed by atoms with Gasteiger partial charge in [0.05, 0.1) is 6.61 Å². The number of esters is 1. The summed E-state index contributed by atoms with van der Waals surface area (Å²) in [7, 11) is 0. The number of ether oxygens (including phenoxy) is 2. The lowest BCUT2D eigenvalue weighted by atomic mass is 10.0. The quantitative estimate of drug-likeness (QED) is 0.172. The predicted octanol–water partition coefficient (Wildman–Crippen LogP) is 2.48. The van der Waals surface area contributed by atoms with Gasteiger partial charge in [0.15, 0.2) is 0 Å². The fourth-order valence-electron chi connectivity index (χ4n) is 3.62. The van der Waals surface area contributed by atoms with E-state index >= 15 is 0 Å². The van der Waals surface area contributed by atoms with Gasteiger partial charge < -0.3 is 31.2 Å². The highest BCUT2D eigenvalue weighted by Crippen LogP contribution is 2.09. The van der Waals surface area contributed by atoms with E-state index in [4.69, 9.17) is 15.2 Å². The molecular formula is C28H42N4O7. The minimum atomic E-state index is -0.921. The molecule has 0 bridgehead atoms. The molecule has 1 aromatic rings. The van der Waals surface area contributed by atoms with E-state index in [-0.39, 0.29) is 32.0 Å². The smallest absolute Gasteiger partial charge is 0.408 e. The van der Waals surface area contributed by atoms with E-state index in [1.54, 1.807) is 6.92 Å². The highest BCUT2D eigenvalue weighted by molar-refractivity contribution is 5.91. The number of carbonyl (C=O) groups excluding carboxylic acids is 5. The highest BCUT2D eigenvalue weighted by atomic mass is 16.5. The number of amides is 4. The molecule has 0 aromatic heterocycles. The summed E-state index contributed by atoms with van der Waals surface area (Å²) >= 11 is 0. The molecule has 3 atom stereocenters. The van der Waals surface area contributed by atoms with Gasteiger partial charge >= 0.3 is 12.1 Å². The maximum atomic E-state index is 13.2. The first-order valence-corrected chi connectivity index (χ1v) is 13.3. The van der Waals surface area contributed by atoms with Gasteiger partial charge in [-0.2, -0.15) is 0 Å². The lowest BCUT2D eigenvalue weighted by molar-refractivity contribution is -0.137. The zero-order valence-corrected chi connectivity index (χ0v) is 23.2. The van der Waals surface area contributed by atoms with Crippen LogP contribution in [0.2, 0.25) is 0 Å². The molecule has 4 amide bonds. The summed E-state index contributed by atoms with van der Waals surface area (Å²) in [6.07, 6.45) is 3.24. The Balaban J connectivity index is 2.90. The van der Waals surface area contributed by atoms with Crippen LogP contribution in [0.5, 0.6) is 0 Å². The Kier molecular flexibility index (Phi) is 15.6. The lowest BCUT2D eigenvalue weighted by Gasteiger charge is -2.25. The second-order valence-corrected chi connectivity index (χ2v) is 9.47. The van der Waals surface area contributed by atoms with Crippen LogP contribution in [0.3, 0.4) is 0 Å². The summed E-state index contributed by atoms with van der Waals surface area (Å²) in [5.74, 6) is -2.09. The maximum absolute atomic E-state index is 13.2. The number of hydrogen-bond donors (Lipinski definition) is 4. The first-order chi connectivity index (χ1) is 18.5. The van der Waals surface area contributed by atoms with Gasteiger partial charge in [-0.05, 0) is 37.7 Å². The molecule has 1 aromatic carbocycles. The number of carbonyl (C=O) groups is 5. The Morgan fingerprint density at radius 1 is 0.897 bits per heavy atom. The van der Waals surface area contributed by atoms with Gasteiger partial charge in [-0.25, -0.2) is 9.59 Å². The van der Waals surface area contributed by atoms with Gasteiger partial charge in [0, 0.05) is 18.5 Å². The second-order valence-electron chi connectivity index (χ2n) is 9.47. The summed E-state index contributed by atoms with van der Waals surface area (Å²) in [6.45, 7) is 7.59. The zero-order chi connectivity index (χ0) is 29.2. The molecule has 0 heterocycles. The molecule has 216 valence electrons. The van der Waals surface area contributed by atoms with Gasteiger partial charge in [0.1, 0.15) is 18.7 Å². The number of benzene rings is 1. The van der Waals surface area contributed by atoms with Crippen molar-refractivity contribution in [3.05, 3.63) is 48.0 Å². The van der Waals surface area contributed by atoms with Gasteiger partial charge in [-0.3, -0.25) is 14.4 Å². The van der Waals surface area contributed by atoms with Crippen LogP contribution in [-0.2, 0) is 35.3 Å². The first kappa shape index (κ1) is 33.1. The maximum Gasteiger partial charge on any atom is 0.408 e. The van der Waals surface area contributed by atoms with Crippen LogP contribution in [0, 0.1) is 5.92 Å². The minimum Gasteiger partial charge on any atom is -0.463 e. The SMILES string of the molecule is CCC[C@H](NC(=O)[C@H](CC(C)C)NC(=O)OCc1ccccc1)C(=O)N[C@H](/C=C/C(=O)OCC)CCC(N)=O. The van der Waals surface area contributed by atoms with Crippen molar-refractivity contribution < 1.29 is 33.4 Å². The molecule has 0 spiro atoms. The topological polar surface area (TPSA) is 166 Å². The first-order valence-electron chi connectivity index (χ1n) is 13.3. The number of rotatable bonds is 17. The Labute approximate surface area is 230 Å². The van der Waals surface area contributed by atoms with E-state index in [0.29, 0.717) is 19.3 Å². The number of hydrogen-bond acceptors (Lipinski definition) is 7. The summed E-state index contributed by atoms with van der Waals surface area (Å²) in [6, 6.07) is 6.62. The van der Waals surface area contributed by atoms with E-state index in [1.165, 1.54) is 12.2 Å². The lowest BCUT2D eigenvalue weighted by Crippen LogP contribution is -2.55. The van der Waals surface area contributed by atoms with Gasteiger partial charge in [0.25, 0.3) is 0 Å². The standard InChI is InChI=1S/C28H42N4O7/c1-5-10-22(26(35)30-21(13-15-24(29)33)14-16-25(34)38-6-2)31-27(36)23(17-19(3)4)32-28(37)39-18-20-11-8-7-9-12-20/h7-9,11-12,14,16,19,21-23H,5-6,10,13,15,17-18H2,1-4H3,(H2,29,33)(H,30,35)(H,31,36)(H,32,37)/b16-14+/t21-,22-,23-/m0/s1. The van der Waals surface area contributed by atoms with Gasteiger partial charge in [-0.15, -0.1) is 0 Å². The molecule has 11 nitrogen and oxygen atoms in total. The predicted molar refractivity (Wildman–Crippen MR) is 146 cm³/mol. The van der Waals surface area contributed by atoms with E-state index in [2.05, 4.69) is 16.0 Å². The van der Waals surface area contributed by atoms with Crippen LogP contribution in [-0.4, -0.2) is 54.5 Å². The third-order valence-corrected chi connectivity index (χ3v) is 5.52. The summed E-state index contributed by atoms with van der Waals surface area (Å²) in [5, 5.41) is 8.08. The third kappa shape index (κ3) is 14.6. The molecule has 0 aliphatic carbocycles.